The van der Waals surface area contributed by atoms with Crippen LogP contribution in [0.4, 0.5) is 5.69 Å². The number of hydrogen-bond acceptors (Lipinski definition) is 3. The van der Waals surface area contributed by atoms with E-state index in [1.165, 1.54) is 11.1 Å². The maximum absolute atomic E-state index is 12.2. The fourth-order valence-electron chi connectivity index (χ4n) is 3.26. The standard InChI is InChI=1S/C19H20N2O2/c22-19(20-17-9-10-23-13-17)14-5-7-18(8-6-14)21-11-15-3-1-2-4-16(15)12-21/h1-8,17H,9-13H2,(H,20,22)/t17-/m1/s1. The first-order chi connectivity index (χ1) is 11.3. The molecule has 0 radical (unpaired) electrons. The second-order valence-corrected chi connectivity index (χ2v) is 6.21. The Labute approximate surface area is 136 Å². The molecule has 1 saturated heterocycles. The number of nitrogens with one attached hydrogen (secondary N) is 1. The van der Waals surface area contributed by atoms with Crippen molar-refractivity contribution in [2.24, 2.45) is 0 Å². The van der Waals surface area contributed by atoms with Crippen molar-refractivity contribution in [1.29, 1.82) is 0 Å². The van der Waals surface area contributed by atoms with Crippen LogP contribution in [0.15, 0.2) is 48.5 Å². The molecule has 2 aromatic carbocycles. The molecule has 1 N–H and O–H groups in total. The molecule has 0 saturated carbocycles. The van der Waals surface area contributed by atoms with Gasteiger partial charge in [-0.2, -0.15) is 0 Å². The lowest BCUT2D eigenvalue weighted by atomic mass is 10.1. The van der Waals surface area contributed by atoms with Crippen molar-refractivity contribution >= 4 is 11.6 Å². The van der Waals surface area contributed by atoms with Crippen LogP contribution in [-0.2, 0) is 17.8 Å². The Morgan fingerprint density at radius 2 is 1.74 bits per heavy atom. The molecular weight excluding hydrogens is 288 g/mol. The van der Waals surface area contributed by atoms with Crippen LogP contribution in [0, 0.1) is 0 Å². The van der Waals surface area contributed by atoms with Crippen LogP contribution < -0.4 is 10.2 Å². The minimum atomic E-state index is -0.0169. The summed E-state index contributed by atoms with van der Waals surface area (Å²) in [7, 11) is 0. The third kappa shape index (κ3) is 2.94. The predicted octanol–water partition coefficient (Wildman–Crippen LogP) is 2.73. The third-order valence-corrected chi connectivity index (χ3v) is 4.60. The molecule has 1 amide bonds. The van der Waals surface area contributed by atoms with E-state index >= 15 is 0 Å². The van der Waals surface area contributed by atoms with E-state index < -0.39 is 0 Å². The average molecular weight is 308 g/mol. The average Bonchev–Trinajstić information content (AvgIpc) is 3.24. The van der Waals surface area contributed by atoms with E-state index in [-0.39, 0.29) is 11.9 Å². The van der Waals surface area contributed by atoms with E-state index in [2.05, 4.69) is 34.5 Å². The Balaban J connectivity index is 1.43. The van der Waals surface area contributed by atoms with Gasteiger partial charge in [-0.25, -0.2) is 0 Å². The normalized spacial score (nSPS) is 19.7. The zero-order chi connectivity index (χ0) is 15.6. The molecule has 4 nitrogen and oxygen atoms in total. The van der Waals surface area contributed by atoms with E-state index in [4.69, 9.17) is 4.74 Å². The topological polar surface area (TPSA) is 41.6 Å². The van der Waals surface area contributed by atoms with Gasteiger partial charge in [-0.1, -0.05) is 24.3 Å². The molecule has 2 heterocycles. The SMILES string of the molecule is O=C(N[C@@H]1CCOC1)c1ccc(N2Cc3ccccc3C2)cc1. The van der Waals surface area contributed by atoms with Crippen LogP contribution in [0.2, 0.25) is 0 Å². The second-order valence-electron chi connectivity index (χ2n) is 6.21. The molecule has 0 spiro atoms. The molecule has 2 aromatic rings. The fraction of sp³-hybridized carbons (Fsp3) is 0.316. The summed E-state index contributed by atoms with van der Waals surface area (Å²) in [4.78, 5) is 14.6. The number of benzene rings is 2. The van der Waals surface area contributed by atoms with Crippen molar-refractivity contribution in [3.63, 3.8) is 0 Å². The lowest BCUT2D eigenvalue weighted by molar-refractivity contribution is 0.0930. The van der Waals surface area contributed by atoms with E-state index in [9.17, 15) is 4.79 Å². The minimum absolute atomic E-state index is 0.0169. The summed E-state index contributed by atoms with van der Waals surface area (Å²) < 4.78 is 5.29. The molecular formula is C19H20N2O2. The Bertz CT molecular complexity index is 681. The summed E-state index contributed by atoms with van der Waals surface area (Å²) in [5.74, 6) is -0.0169. The first-order valence-electron chi connectivity index (χ1n) is 8.10. The van der Waals surface area contributed by atoms with Gasteiger partial charge < -0.3 is 15.0 Å². The van der Waals surface area contributed by atoms with Crippen LogP contribution in [0.5, 0.6) is 0 Å². The Kier molecular flexibility index (Phi) is 3.75. The highest BCUT2D eigenvalue weighted by atomic mass is 16.5. The van der Waals surface area contributed by atoms with Gasteiger partial charge in [-0.3, -0.25) is 4.79 Å². The number of carbonyl (C=O) groups excluding carboxylic acids is 1. The quantitative estimate of drug-likeness (QED) is 0.948. The minimum Gasteiger partial charge on any atom is -0.379 e. The monoisotopic (exact) mass is 308 g/mol. The Hall–Kier alpha value is -2.33. The Morgan fingerprint density at radius 1 is 1.04 bits per heavy atom. The summed E-state index contributed by atoms with van der Waals surface area (Å²) in [6.07, 6.45) is 0.899. The van der Waals surface area contributed by atoms with Crippen molar-refractivity contribution in [3.8, 4) is 0 Å². The fourth-order valence-corrected chi connectivity index (χ4v) is 3.26. The van der Waals surface area contributed by atoms with Gasteiger partial charge in [-0.15, -0.1) is 0 Å². The van der Waals surface area contributed by atoms with Gasteiger partial charge in [0.15, 0.2) is 0 Å². The second kappa shape index (κ2) is 6.05. The highest BCUT2D eigenvalue weighted by Gasteiger charge is 2.20. The number of hydrogen-bond donors (Lipinski definition) is 1. The molecule has 0 bridgehead atoms. The smallest absolute Gasteiger partial charge is 0.251 e. The van der Waals surface area contributed by atoms with E-state index in [1.807, 2.05) is 24.3 Å². The number of rotatable bonds is 3. The molecule has 2 aliphatic rings. The number of ether oxygens (including phenoxy) is 1. The molecule has 2 aliphatic heterocycles. The highest BCUT2D eigenvalue weighted by molar-refractivity contribution is 5.94. The first-order valence-corrected chi connectivity index (χ1v) is 8.10. The number of amides is 1. The summed E-state index contributed by atoms with van der Waals surface area (Å²) in [5.41, 5.74) is 4.63. The van der Waals surface area contributed by atoms with Crippen LogP contribution >= 0.6 is 0 Å². The number of carbonyl (C=O) groups is 1. The van der Waals surface area contributed by atoms with Gasteiger partial charge in [0, 0.05) is 30.9 Å². The molecule has 1 atom stereocenters. The van der Waals surface area contributed by atoms with Crippen LogP contribution in [0.25, 0.3) is 0 Å². The van der Waals surface area contributed by atoms with Crippen LogP contribution in [0.3, 0.4) is 0 Å². The van der Waals surface area contributed by atoms with Crippen LogP contribution in [-0.4, -0.2) is 25.2 Å². The van der Waals surface area contributed by atoms with Gasteiger partial charge in [-0.05, 0) is 41.8 Å². The van der Waals surface area contributed by atoms with Crippen molar-refractivity contribution < 1.29 is 9.53 Å². The number of anilines is 1. The van der Waals surface area contributed by atoms with Gasteiger partial charge in [0.2, 0.25) is 0 Å². The predicted molar refractivity (Wildman–Crippen MR) is 89.5 cm³/mol. The van der Waals surface area contributed by atoms with Crippen molar-refractivity contribution in [2.45, 2.75) is 25.6 Å². The van der Waals surface area contributed by atoms with E-state index in [1.54, 1.807) is 0 Å². The first kappa shape index (κ1) is 14.3. The van der Waals surface area contributed by atoms with Crippen LogP contribution in [0.1, 0.15) is 27.9 Å². The third-order valence-electron chi connectivity index (χ3n) is 4.60. The molecule has 23 heavy (non-hydrogen) atoms. The lowest BCUT2D eigenvalue weighted by Crippen LogP contribution is -2.34. The molecule has 4 heteroatoms. The summed E-state index contributed by atoms with van der Waals surface area (Å²) in [6, 6.07) is 16.6. The Morgan fingerprint density at radius 3 is 2.35 bits per heavy atom. The summed E-state index contributed by atoms with van der Waals surface area (Å²) in [5, 5.41) is 3.02. The largest absolute Gasteiger partial charge is 0.379 e. The highest BCUT2D eigenvalue weighted by Crippen LogP contribution is 2.28. The summed E-state index contributed by atoms with van der Waals surface area (Å²) in [6.45, 7) is 3.22. The van der Waals surface area contributed by atoms with Gasteiger partial charge in [0.05, 0.1) is 12.6 Å². The molecule has 1 fully saturated rings. The number of fused-ring (bicyclic) bond motifs is 1. The molecule has 0 unspecified atom stereocenters. The van der Waals surface area contributed by atoms with E-state index in [0.717, 1.165) is 31.8 Å². The maximum atomic E-state index is 12.2. The van der Waals surface area contributed by atoms with Gasteiger partial charge in [0.1, 0.15) is 0 Å². The van der Waals surface area contributed by atoms with Crippen molar-refractivity contribution in [3.05, 3.63) is 65.2 Å². The zero-order valence-electron chi connectivity index (χ0n) is 13.0. The number of nitrogens with zero attached hydrogens (tertiary/aromatic N) is 1. The lowest BCUT2D eigenvalue weighted by Gasteiger charge is -2.18. The zero-order valence-corrected chi connectivity index (χ0v) is 13.0. The van der Waals surface area contributed by atoms with Gasteiger partial charge in [0.25, 0.3) is 5.91 Å². The summed E-state index contributed by atoms with van der Waals surface area (Å²) >= 11 is 0. The molecule has 4 rings (SSSR count). The molecule has 0 aliphatic carbocycles. The maximum Gasteiger partial charge on any atom is 0.251 e. The molecule has 118 valence electrons. The van der Waals surface area contributed by atoms with Crippen molar-refractivity contribution in [1.82, 2.24) is 5.32 Å². The van der Waals surface area contributed by atoms with Crippen molar-refractivity contribution in [2.75, 3.05) is 18.1 Å². The van der Waals surface area contributed by atoms with E-state index in [0.29, 0.717) is 12.2 Å². The van der Waals surface area contributed by atoms with Gasteiger partial charge >= 0.3 is 0 Å². The molecule has 0 aromatic heterocycles.